The molecule has 2 amide bonds. The first-order chi connectivity index (χ1) is 9.68. The van der Waals surface area contributed by atoms with Crippen molar-refractivity contribution in [2.75, 3.05) is 6.54 Å². The molecule has 0 aliphatic carbocycles. The van der Waals surface area contributed by atoms with Crippen molar-refractivity contribution in [1.29, 1.82) is 0 Å². The van der Waals surface area contributed by atoms with Gasteiger partial charge in [-0.25, -0.2) is 4.79 Å². The number of aliphatic carboxylic acids is 1. The molecular weight excluding hydrogens is 256 g/mol. The molecule has 3 rings (SSSR count). The Balaban J connectivity index is 1.62. The summed E-state index contributed by atoms with van der Waals surface area (Å²) in [5.74, 6) is -0.826. The SMILES string of the molecule is O=C(O)CCCNC(=O)N1C2CCC1c1ccccc12. The van der Waals surface area contributed by atoms with Gasteiger partial charge in [0.15, 0.2) is 0 Å². The predicted molar refractivity (Wildman–Crippen MR) is 73.3 cm³/mol. The van der Waals surface area contributed by atoms with E-state index in [4.69, 9.17) is 5.11 Å². The number of amides is 2. The van der Waals surface area contributed by atoms with E-state index in [1.807, 2.05) is 17.0 Å². The summed E-state index contributed by atoms with van der Waals surface area (Å²) in [5, 5.41) is 11.4. The number of carboxylic acids is 1. The molecule has 2 unspecified atom stereocenters. The van der Waals surface area contributed by atoms with Crippen LogP contribution in [0.1, 0.15) is 48.9 Å². The molecule has 20 heavy (non-hydrogen) atoms. The molecule has 0 saturated carbocycles. The van der Waals surface area contributed by atoms with Crippen LogP contribution >= 0.6 is 0 Å². The van der Waals surface area contributed by atoms with Crippen molar-refractivity contribution in [2.24, 2.45) is 0 Å². The van der Waals surface area contributed by atoms with E-state index in [0.717, 1.165) is 12.8 Å². The molecule has 0 spiro atoms. The first-order valence-corrected chi connectivity index (χ1v) is 7.05. The molecule has 5 nitrogen and oxygen atoms in total. The number of hydrogen-bond acceptors (Lipinski definition) is 2. The Labute approximate surface area is 117 Å². The predicted octanol–water partition coefficient (Wildman–Crippen LogP) is 2.45. The van der Waals surface area contributed by atoms with E-state index in [1.165, 1.54) is 11.1 Å². The lowest BCUT2D eigenvalue weighted by Gasteiger charge is -2.22. The number of rotatable bonds is 4. The number of benzene rings is 1. The molecule has 2 heterocycles. The number of urea groups is 1. The number of nitrogens with one attached hydrogen (secondary N) is 1. The zero-order valence-electron chi connectivity index (χ0n) is 11.2. The normalized spacial score (nSPS) is 22.7. The van der Waals surface area contributed by atoms with Crippen LogP contribution in [0.15, 0.2) is 24.3 Å². The van der Waals surface area contributed by atoms with Gasteiger partial charge in [-0.15, -0.1) is 0 Å². The summed E-state index contributed by atoms with van der Waals surface area (Å²) in [6.45, 7) is 0.414. The molecule has 2 aliphatic rings. The summed E-state index contributed by atoms with van der Waals surface area (Å²) in [6.07, 6.45) is 2.60. The molecule has 2 bridgehead atoms. The van der Waals surface area contributed by atoms with E-state index in [9.17, 15) is 9.59 Å². The Bertz CT molecular complexity index is 513. The van der Waals surface area contributed by atoms with Crippen LogP contribution in [0.25, 0.3) is 0 Å². The van der Waals surface area contributed by atoms with Crippen LogP contribution in [0.4, 0.5) is 4.79 Å². The van der Waals surface area contributed by atoms with Crippen molar-refractivity contribution in [3.05, 3.63) is 35.4 Å². The monoisotopic (exact) mass is 274 g/mol. The summed E-state index contributed by atoms with van der Waals surface area (Å²) in [7, 11) is 0. The van der Waals surface area contributed by atoms with Crippen molar-refractivity contribution in [2.45, 2.75) is 37.8 Å². The molecule has 1 aromatic rings. The molecule has 5 heteroatoms. The highest BCUT2D eigenvalue weighted by Crippen LogP contribution is 2.52. The van der Waals surface area contributed by atoms with Crippen LogP contribution in [0, 0.1) is 0 Å². The lowest BCUT2D eigenvalue weighted by molar-refractivity contribution is -0.137. The van der Waals surface area contributed by atoms with Crippen LogP contribution in [0.3, 0.4) is 0 Å². The summed E-state index contributed by atoms with van der Waals surface area (Å²) in [4.78, 5) is 24.6. The topological polar surface area (TPSA) is 69.6 Å². The molecule has 2 N–H and O–H groups in total. The zero-order valence-corrected chi connectivity index (χ0v) is 11.2. The summed E-state index contributed by atoms with van der Waals surface area (Å²) in [5.41, 5.74) is 2.54. The number of hydrogen-bond donors (Lipinski definition) is 2. The van der Waals surface area contributed by atoms with Gasteiger partial charge in [-0.2, -0.15) is 0 Å². The van der Waals surface area contributed by atoms with Gasteiger partial charge in [-0.05, 0) is 30.4 Å². The maximum absolute atomic E-state index is 12.3. The van der Waals surface area contributed by atoms with Crippen molar-refractivity contribution < 1.29 is 14.7 Å². The minimum absolute atomic E-state index is 0.0703. The van der Waals surface area contributed by atoms with E-state index in [1.54, 1.807) is 0 Å². The van der Waals surface area contributed by atoms with Gasteiger partial charge in [0.25, 0.3) is 0 Å². The van der Waals surface area contributed by atoms with Crippen molar-refractivity contribution >= 4 is 12.0 Å². The highest BCUT2D eigenvalue weighted by molar-refractivity contribution is 5.77. The first kappa shape index (κ1) is 13.0. The molecule has 1 aromatic carbocycles. The lowest BCUT2D eigenvalue weighted by atomic mass is 9.92. The lowest BCUT2D eigenvalue weighted by Crippen LogP contribution is -2.38. The molecule has 1 fully saturated rings. The van der Waals surface area contributed by atoms with Gasteiger partial charge in [0, 0.05) is 13.0 Å². The molecule has 2 aliphatic heterocycles. The Hall–Kier alpha value is -2.04. The standard InChI is InChI=1S/C15H18N2O3/c18-14(19)6-3-9-16-15(20)17-12-7-8-13(17)11-5-2-1-4-10(11)12/h1-2,4-5,12-13H,3,6-9H2,(H,16,20)(H,18,19). The van der Waals surface area contributed by atoms with E-state index in [0.29, 0.717) is 13.0 Å². The number of carbonyl (C=O) groups is 2. The molecule has 106 valence electrons. The fraction of sp³-hybridized carbons (Fsp3) is 0.467. The van der Waals surface area contributed by atoms with Gasteiger partial charge in [0.1, 0.15) is 0 Å². The third-order valence-electron chi connectivity index (χ3n) is 4.18. The average molecular weight is 274 g/mol. The van der Waals surface area contributed by atoms with Gasteiger partial charge < -0.3 is 15.3 Å². The van der Waals surface area contributed by atoms with E-state index in [2.05, 4.69) is 17.4 Å². The quantitative estimate of drug-likeness (QED) is 0.829. The fourth-order valence-corrected chi connectivity index (χ4v) is 3.35. The third kappa shape index (κ3) is 2.13. The third-order valence-corrected chi connectivity index (χ3v) is 4.18. The molecule has 2 atom stereocenters. The first-order valence-electron chi connectivity index (χ1n) is 7.05. The maximum Gasteiger partial charge on any atom is 0.318 e. The van der Waals surface area contributed by atoms with Crippen LogP contribution in [-0.4, -0.2) is 28.6 Å². The van der Waals surface area contributed by atoms with Crippen LogP contribution in [0.2, 0.25) is 0 Å². The summed E-state index contributed by atoms with van der Waals surface area (Å²) < 4.78 is 0. The van der Waals surface area contributed by atoms with Crippen LogP contribution in [-0.2, 0) is 4.79 Å². The fourth-order valence-electron chi connectivity index (χ4n) is 3.35. The minimum Gasteiger partial charge on any atom is -0.481 e. The second-order valence-electron chi connectivity index (χ2n) is 5.37. The average Bonchev–Trinajstić information content (AvgIpc) is 3.00. The number of carbonyl (C=O) groups excluding carboxylic acids is 1. The maximum atomic E-state index is 12.3. The van der Waals surface area contributed by atoms with Gasteiger partial charge in [-0.3, -0.25) is 4.79 Å². The minimum atomic E-state index is -0.826. The highest BCUT2D eigenvalue weighted by Gasteiger charge is 2.45. The van der Waals surface area contributed by atoms with Crippen molar-refractivity contribution in [1.82, 2.24) is 10.2 Å². The molecular formula is C15H18N2O3. The number of nitrogens with zero attached hydrogens (tertiary/aromatic N) is 1. The van der Waals surface area contributed by atoms with Crippen molar-refractivity contribution in [3.8, 4) is 0 Å². The number of carboxylic acid groups (broad SMARTS) is 1. The Morgan fingerprint density at radius 2 is 1.80 bits per heavy atom. The number of fused-ring (bicyclic) bond motifs is 5. The molecule has 0 aromatic heterocycles. The Morgan fingerprint density at radius 1 is 1.20 bits per heavy atom. The van der Waals surface area contributed by atoms with Gasteiger partial charge in [0.2, 0.25) is 0 Å². The van der Waals surface area contributed by atoms with Crippen LogP contribution < -0.4 is 5.32 Å². The van der Waals surface area contributed by atoms with Gasteiger partial charge in [0.05, 0.1) is 12.1 Å². The second-order valence-corrected chi connectivity index (χ2v) is 5.37. The van der Waals surface area contributed by atoms with E-state index in [-0.39, 0.29) is 24.5 Å². The Kier molecular flexibility index (Phi) is 3.34. The zero-order chi connectivity index (χ0) is 14.1. The summed E-state index contributed by atoms with van der Waals surface area (Å²) in [6, 6.07) is 8.55. The smallest absolute Gasteiger partial charge is 0.318 e. The van der Waals surface area contributed by atoms with Crippen molar-refractivity contribution in [3.63, 3.8) is 0 Å². The molecule has 1 saturated heterocycles. The molecule has 0 radical (unpaired) electrons. The highest BCUT2D eigenvalue weighted by atomic mass is 16.4. The van der Waals surface area contributed by atoms with Gasteiger partial charge in [-0.1, -0.05) is 24.3 Å². The van der Waals surface area contributed by atoms with Gasteiger partial charge >= 0.3 is 12.0 Å². The van der Waals surface area contributed by atoms with E-state index >= 15 is 0 Å². The Morgan fingerprint density at radius 3 is 2.35 bits per heavy atom. The second kappa shape index (κ2) is 5.15. The van der Waals surface area contributed by atoms with Crippen LogP contribution in [0.5, 0.6) is 0 Å². The summed E-state index contributed by atoms with van der Waals surface area (Å²) >= 11 is 0. The largest absolute Gasteiger partial charge is 0.481 e. The van der Waals surface area contributed by atoms with E-state index < -0.39 is 5.97 Å².